The van der Waals surface area contributed by atoms with Gasteiger partial charge in [0.25, 0.3) is 0 Å². The van der Waals surface area contributed by atoms with E-state index in [1.807, 2.05) is 9.80 Å². The van der Waals surface area contributed by atoms with Crippen LogP contribution in [0.3, 0.4) is 0 Å². The second-order valence-electron chi connectivity index (χ2n) is 8.87. The first-order valence-corrected chi connectivity index (χ1v) is 12.2. The fourth-order valence-corrected chi connectivity index (χ4v) is 4.23. The van der Waals surface area contributed by atoms with Crippen LogP contribution in [0.2, 0.25) is 0 Å². The maximum atomic E-state index is 13.5. The number of rotatable bonds is 8. The van der Waals surface area contributed by atoms with Crippen LogP contribution >= 0.6 is 0 Å². The Bertz CT molecular complexity index is 1070. The van der Waals surface area contributed by atoms with Crippen molar-refractivity contribution >= 4 is 23.7 Å². The number of unbranched alkanes of at least 4 members (excludes halogenated alkanes) is 1. The van der Waals surface area contributed by atoms with E-state index >= 15 is 0 Å². The number of carbonyl (C=O) groups excluding carboxylic acids is 1. The highest BCUT2D eigenvalue weighted by Gasteiger charge is 2.34. The first kappa shape index (κ1) is 26.8. The number of morpholine rings is 1. The predicted octanol–water partition coefficient (Wildman–Crippen LogP) is 1.84. The molecule has 0 bridgehead atoms. The number of nitrogens with two attached hydrogens (primary N) is 1. The van der Waals surface area contributed by atoms with Gasteiger partial charge < -0.3 is 25.0 Å². The standard InChI is InChI=1S/C23H31F3N8O3/c1-36-18(35)4-2-3-5-32-6-8-33(9-7-32)21-29-20(30-22(31-21)34-10-12-37-13-11-34)16-14-17(23(24,25)26)19(27)28-15-16/h14-15H,2-13H2,1H3,(H2,27,28). The molecule has 2 N–H and O–H groups in total. The van der Waals surface area contributed by atoms with Crippen LogP contribution in [-0.2, 0) is 20.4 Å². The zero-order chi connectivity index (χ0) is 26.4. The lowest BCUT2D eigenvalue weighted by molar-refractivity contribution is -0.140. The topological polar surface area (TPSA) is 123 Å². The number of methoxy groups -OCH3 is 1. The van der Waals surface area contributed by atoms with Gasteiger partial charge in [0.2, 0.25) is 11.9 Å². The van der Waals surface area contributed by atoms with E-state index in [0.29, 0.717) is 57.7 Å². The minimum Gasteiger partial charge on any atom is -0.469 e. The number of esters is 1. The Hall–Kier alpha value is -3.26. The molecule has 0 spiro atoms. The molecule has 11 nitrogen and oxygen atoms in total. The fourth-order valence-electron chi connectivity index (χ4n) is 4.23. The third-order valence-electron chi connectivity index (χ3n) is 6.38. The van der Waals surface area contributed by atoms with Crippen LogP contribution in [-0.4, -0.2) is 96.9 Å². The molecule has 4 heterocycles. The van der Waals surface area contributed by atoms with Crippen molar-refractivity contribution in [3.8, 4) is 11.4 Å². The van der Waals surface area contributed by atoms with E-state index in [9.17, 15) is 18.0 Å². The summed E-state index contributed by atoms with van der Waals surface area (Å²) in [6, 6.07) is 0.927. The summed E-state index contributed by atoms with van der Waals surface area (Å²) in [4.78, 5) is 35.0. The lowest BCUT2D eigenvalue weighted by atomic mass is 10.1. The number of piperazine rings is 1. The lowest BCUT2D eigenvalue weighted by Gasteiger charge is -2.35. The van der Waals surface area contributed by atoms with Crippen molar-refractivity contribution in [3.63, 3.8) is 0 Å². The minimum atomic E-state index is -4.65. The molecule has 14 heteroatoms. The number of anilines is 3. The molecule has 4 rings (SSSR count). The van der Waals surface area contributed by atoms with Gasteiger partial charge in [-0.05, 0) is 25.5 Å². The number of ether oxygens (including phenoxy) is 2. The molecule has 2 aliphatic heterocycles. The normalized spacial score (nSPS) is 17.2. The summed E-state index contributed by atoms with van der Waals surface area (Å²) in [5, 5.41) is 0. The molecule has 2 saturated heterocycles. The van der Waals surface area contributed by atoms with Gasteiger partial charge in [0.05, 0.1) is 25.9 Å². The second kappa shape index (κ2) is 11.9. The number of alkyl halides is 3. The summed E-state index contributed by atoms with van der Waals surface area (Å²) in [6.45, 7) is 5.85. The van der Waals surface area contributed by atoms with E-state index in [2.05, 4.69) is 29.6 Å². The van der Waals surface area contributed by atoms with Gasteiger partial charge in [0, 0.05) is 57.4 Å². The quantitative estimate of drug-likeness (QED) is 0.402. The van der Waals surface area contributed by atoms with Gasteiger partial charge in [-0.3, -0.25) is 9.69 Å². The van der Waals surface area contributed by atoms with E-state index in [-0.39, 0.29) is 17.4 Å². The van der Waals surface area contributed by atoms with Crippen LogP contribution in [0.15, 0.2) is 12.3 Å². The van der Waals surface area contributed by atoms with Crippen LogP contribution in [0.1, 0.15) is 24.8 Å². The molecule has 2 aromatic heterocycles. The Morgan fingerprint density at radius 1 is 1.03 bits per heavy atom. The maximum absolute atomic E-state index is 13.5. The molecular weight excluding hydrogens is 493 g/mol. The van der Waals surface area contributed by atoms with Crippen molar-refractivity contribution in [2.24, 2.45) is 0 Å². The summed E-state index contributed by atoms with van der Waals surface area (Å²) < 4.78 is 50.5. The number of hydrogen-bond acceptors (Lipinski definition) is 11. The molecule has 0 unspecified atom stereocenters. The minimum absolute atomic E-state index is 0.106. The average molecular weight is 525 g/mol. The van der Waals surface area contributed by atoms with Crippen LogP contribution in [0, 0.1) is 0 Å². The summed E-state index contributed by atoms with van der Waals surface area (Å²) in [6.07, 6.45) is -1.34. The smallest absolute Gasteiger partial charge is 0.419 e. The van der Waals surface area contributed by atoms with Crippen molar-refractivity contribution in [3.05, 3.63) is 17.8 Å². The van der Waals surface area contributed by atoms with Crippen molar-refractivity contribution in [2.75, 3.05) is 81.7 Å². The number of aromatic nitrogens is 4. The van der Waals surface area contributed by atoms with Crippen LogP contribution in [0.4, 0.5) is 30.9 Å². The first-order chi connectivity index (χ1) is 17.7. The van der Waals surface area contributed by atoms with E-state index in [0.717, 1.165) is 38.5 Å². The summed E-state index contributed by atoms with van der Waals surface area (Å²) >= 11 is 0. The van der Waals surface area contributed by atoms with E-state index in [1.54, 1.807) is 0 Å². The molecule has 0 amide bonds. The van der Waals surface area contributed by atoms with Crippen LogP contribution in [0.5, 0.6) is 0 Å². The molecule has 0 radical (unpaired) electrons. The van der Waals surface area contributed by atoms with Crippen molar-refractivity contribution in [1.82, 2.24) is 24.8 Å². The zero-order valence-electron chi connectivity index (χ0n) is 20.7. The highest BCUT2D eigenvalue weighted by molar-refractivity contribution is 5.69. The van der Waals surface area contributed by atoms with E-state index in [1.165, 1.54) is 13.3 Å². The number of nitrogens with zero attached hydrogens (tertiary/aromatic N) is 7. The highest BCUT2D eigenvalue weighted by atomic mass is 19.4. The molecule has 0 atom stereocenters. The molecule has 37 heavy (non-hydrogen) atoms. The van der Waals surface area contributed by atoms with Gasteiger partial charge in [-0.1, -0.05) is 0 Å². The van der Waals surface area contributed by atoms with Crippen LogP contribution in [0.25, 0.3) is 11.4 Å². The summed E-state index contributed by atoms with van der Waals surface area (Å²) in [7, 11) is 1.39. The Balaban J connectivity index is 1.52. The summed E-state index contributed by atoms with van der Waals surface area (Å²) in [5.41, 5.74) is 4.57. The zero-order valence-corrected chi connectivity index (χ0v) is 20.7. The molecule has 2 aliphatic rings. The third-order valence-corrected chi connectivity index (χ3v) is 6.38. The van der Waals surface area contributed by atoms with Crippen molar-refractivity contribution in [1.29, 1.82) is 0 Å². The van der Waals surface area contributed by atoms with Gasteiger partial charge in [0.1, 0.15) is 5.82 Å². The fraction of sp³-hybridized carbons (Fsp3) is 0.609. The SMILES string of the molecule is COC(=O)CCCCN1CCN(c2nc(-c3cnc(N)c(C(F)(F)F)c3)nc(N3CCOCC3)n2)CC1. The van der Waals surface area contributed by atoms with E-state index < -0.39 is 17.6 Å². The van der Waals surface area contributed by atoms with Gasteiger partial charge in [-0.25, -0.2) is 4.98 Å². The first-order valence-electron chi connectivity index (χ1n) is 12.2. The Morgan fingerprint density at radius 3 is 2.30 bits per heavy atom. The molecular formula is C23H31F3N8O3. The molecule has 0 aliphatic carbocycles. The molecule has 2 fully saturated rings. The number of nitrogen functional groups attached to an aromatic ring is 1. The monoisotopic (exact) mass is 524 g/mol. The van der Waals surface area contributed by atoms with Crippen molar-refractivity contribution in [2.45, 2.75) is 25.4 Å². The number of halogens is 3. The third kappa shape index (κ3) is 6.95. The molecule has 0 saturated carbocycles. The Kier molecular flexibility index (Phi) is 8.59. The molecule has 0 aromatic carbocycles. The number of hydrogen-bond donors (Lipinski definition) is 1. The highest BCUT2D eigenvalue weighted by Crippen LogP contribution is 2.35. The van der Waals surface area contributed by atoms with Gasteiger partial charge >= 0.3 is 12.1 Å². The number of pyridine rings is 1. The van der Waals surface area contributed by atoms with Gasteiger partial charge in [-0.15, -0.1) is 0 Å². The van der Waals surface area contributed by atoms with Gasteiger partial charge in [0.15, 0.2) is 5.82 Å². The molecule has 2 aromatic rings. The summed E-state index contributed by atoms with van der Waals surface area (Å²) in [5.74, 6) is 0.0997. The molecule has 202 valence electrons. The predicted molar refractivity (Wildman–Crippen MR) is 130 cm³/mol. The van der Waals surface area contributed by atoms with Gasteiger partial charge in [-0.2, -0.15) is 28.1 Å². The average Bonchev–Trinajstić information content (AvgIpc) is 2.91. The largest absolute Gasteiger partial charge is 0.469 e. The maximum Gasteiger partial charge on any atom is 0.419 e. The lowest BCUT2D eigenvalue weighted by Crippen LogP contribution is -2.47. The second-order valence-corrected chi connectivity index (χ2v) is 8.87. The van der Waals surface area contributed by atoms with Crippen LogP contribution < -0.4 is 15.5 Å². The number of carbonyl (C=O) groups is 1. The van der Waals surface area contributed by atoms with E-state index in [4.69, 9.17) is 10.5 Å². The Labute approximate surface area is 212 Å². The Morgan fingerprint density at radius 2 is 1.68 bits per heavy atom. The van der Waals surface area contributed by atoms with Crippen molar-refractivity contribution < 1.29 is 27.4 Å².